The molecule has 2 atom stereocenters. The predicted octanol–water partition coefficient (Wildman–Crippen LogP) is 1.55. The van der Waals surface area contributed by atoms with Gasteiger partial charge in [0.15, 0.2) is 0 Å². The van der Waals surface area contributed by atoms with Gasteiger partial charge in [-0.25, -0.2) is 9.97 Å². The Balaban J connectivity index is 1.65. The first kappa shape index (κ1) is 14.7. The molecule has 1 saturated heterocycles. The van der Waals surface area contributed by atoms with Gasteiger partial charge in [0.05, 0.1) is 6.10 Å². The molecule has 5 heteroatoms. The number of hydrogen-bond donors (Lipinski definition) is 1. The van der Waals surface area contributed by atoms with Crippen molar-refractivity contribution in [3.8, 4) is 0 Å². The van der Waals surface area contributed by atoms with Crippen molar-refractivity contribution < 1.29 is 5.11 Å². The zero-order valence-corrected chi connectivity index (χ0v) is 13.3. The molecule has 21 heavy (non-hydrogen) atoms. The molecular weight excluding hydrogens is 264 g/mol. The molecule has 5 nitrogen and oxygen atoms in total. The summed E-state index contributed by atoms with van der Waals surface area (Å²) in [6.07, 6.45) is 4.36. The van der Waals surface area contributed by atoms with E-state index in [-0.39, 0.29) is 6.10 Å². The first-order chi connectivity index (χ1) is 10.0. The van der Waals surface area contributed by atoms with Gasteiger partial charge in [0.2, 0.25) is 0 Å². The number of aryl methyl sites for hydroxylation is 1. The van der Waals surface area contributed by atoms with E-state index < -0.39 is 0 Å². The smallest absolute Gasteiger partial charge is 0.136 e. The van der Waals surface area contributed by atoms with Gasteiger partial charge in [-0.1, -0.05) is 12.8 Å². The summed E-state index contributed by atoms with van der Waals surface area (Å²) in [5.74, 6) is 2.35. The highest BCUT2D eigenvalue weighted by Gasteiger charge is 2.38. The Morgan fingerprint density at radius 1 is 1.19 bits per heavy atom. The number of anilines is 1. The van der Waals surface area contributed by atoms with Crippen molar-refractivity contribution in [2.75, 3.05) is 32.1 Å². The van der Waals surface area contributed by atoms with Crippen molar-refractivity contribution in [1.29, 1.82) is 0 Å². The zero-order valence-electron chi connectivity index (χ0n) is 13.3. The van der Waals surface area contributed by atoms with Crippen LogP contribution < -0.4 is 4.90 Å². The molecule has 1 aliphatic heterocycles. The van der Waals surface area contributed by atoms with Gasteiger partial charge >= 0.3 is 0 Å². The number of nitrogens with zero attached hydrogens (tertiary/aromatic N) is 4. The van der Waals surface area contributed by atoms with E-state index in [9.17, 15) is 5.11 Å². The molecule has 1 N–H and O–H groups in total. The van der Waals surface area contributed by atoms with Crippen LogP contribution in [0.15, 0.2) is 6.07 Å². The van der Waals surface area contributed by atoms with Crippen molar-refractivity contribution in [2.45, 2.75) is 50.7 Å². The quantitative estimate of drug-likeness (QED) is 0.915. The second kappa shape index (κ2) is 5.89. The van der Waals surface area contributed by atoms with Crippen LogP contribution in [0.25, 0.3) is 0 Å². The lowest BCUT2D eigenvalue weighted by molar-refractivity contribution is -0.0200. The third-order valence-electron chi connectivity index (χ3n) is 4.75. The first-order valence-electron chi connectivity index (χ1n) is 7.99. The lowest BCUT2D eigenvalue weighted by atomic mass is 9.87. The molecule has 2 heterocycles. The summed E-state index contributed by atoms with van der Waals surface area (Å²) in [6.45, 7) is 4.00. The fraction of sp³-hybridized carbons (Fsp3) is 0.750. The fourth-order valence-corrected chi connectivity index (χ4v) is 3.45. The van der Waals surface area contributed by atoms with Gasteiger partial charge in [-0.15, -0.1) is 0 Å². The minimum absolute atomic E-state index is 0.143. The summed E-state index contributed by atoms with van der Waals surface area (Å²) < 4.78 is 0. The van der Waals surface area contributed by atoms with E-state index in [1.807, 2.05) is 32.0 Å². The number of rotatable bonds is 3. The third kappa shape index (κ3) is 3.04. The molecule has 3 rings (SSSR count). The first-order valence-corrected chi connectivity index (χ1v) is 7.99. The van der Waals surface area contributed by atoms with Crippen molar-refractivity contribution in [2.24, 2.45) is 0 Å². The maximum atomic E-state index is 10.1. The van der Waals surface area contributed by atoms with Gasteiger partial charge in [-0.05, 0) is 19.8 Å². The number of hydrogen-bond acceptors (Lipinski definition) is 5. The van der Waals surface area contributed by atoms with Gasteiger partial charge < -0.3 is 10.0 Å². The minimum Gasteiger partial charge on any atom is -0.391 e. The van der Waals surface area contributed by atoms with Crippen LogP contribution in [0.1, 0.15) is 43.1 Å². The Hall–Kier alpha value is -1.20. The summed E-state index contributed by atoms with van der Waals surface area (Å²) in [4.78, 5) is 13.7. The van der Waals surface area contributed by atoms with Gasteiger partial charge in [0, 0.05) is 50.9 Å². The van der Waals surface area contributed by atoms with Gasteiger partial charge in [-0.3, -0.25) is 4.90 Å². The van der Waals surface area contributed by atoms with Gasteiger partial charge in [0.1, 0.15) is 11.6 Å². The molecule has 1 saturated carbocycles. The molecule has 1 aliphatic carbocycles. The summed E-state index contributed by atoms with van der Waals surface area (Å²) in [5.41, 5.74) is 1.03. The van der Waals surface area contributed by atoms with Gasteiger partial charge in [0.25, 0.3) is 0 Å². The fourth-order valence-electron chi connectivity index (χ4n) is 3.45. The second-order valence-electron chi connectivity index (χ2n) is 6.69. The van der Waals surface area contributed by atoms with Crippen molar-refractivity contribution in [1.82, 2.24) is 14.9 Å². The van der Waals surface area contributed by atoms with Crippen LogP contribution in [-0.2, 0) is 0 Å². The van der Waals surface area contributed by atoms with Crippen LogP contribution in [0, 0.1) is 6.92 Å². The zero-order chi connectivity index (χ0) is 15.0. The number of aliphatic hydroxyl groups is 1. The van der Waals surface area contributed by atoms with E-state index in [1.54, 1.807) is 0 Å². The molecule has 1 aromatic heterocycles. The van der Waals surface area contributed by atoms with Crippen LogP contribution in [0.4, 0.5) is 5.82 Å². The highest BCUT2D eigenvalue weighted by molar-refractivity contribution is 5.38. The number of aliphatic hydroxyl groups excluding tert-OH is 1. The largest absolute Gasteiger partial charge is 0.391 e. The summed E-state index contributed by atoms with van der Waals surface area (Å²) in [6, 6.07) is 2.37. The summed E-state index contributed by atoms with van der Waals surface area (Å²) in [5, 5.41) is 10.1. The van der Waals surface area contributed by atoms with Crippen molar-refractivity contribution >= 4 is 5.82 Å². The minimum atomic E-state index is -0.143. The Morgan fingerprint density at radius 3 is 2.57 bits per heavy atom. The molecule has 0 bridgehead atoms. The van der Waals surface area contributed by atoms with Crippen LogP contribution in [0.2, 0.25) is 0 Å². The number of aromatic nitrogens is 2. The molecule has 0 spiro atoms. The molecule has 0 aromatic carbocycles. The molecule has 116 valence electrons. The standard InChI is InChI=1S/C16H26N4O/c1-11-8-15(19(2)3)18-16(17-11)12-9-20(10-12)13-6-4-5-7-14(13)21/h8,12-14,21H,4-7,9-10H2,1-3H3/t13-,14-/m0/s1. The van der Waals surface area contributed by atoms with Gasteiger partial charge in [-0.2, -0.15) is 0 Å². The monoisotopic (exact) mass is 290 g/mol. The van der Waals surface area contributed by atoms with Crippen LogP contribution in [0.3, 0.4) is 0 Å². The van der Waals surface area contributed by atoms with Crippen LogP contribution in [-0.4, -0.2) is 59.3 Å². The van der Waals surface area contributed by atoms with E-state index in [2.05, 4.69) is 14.9 Å². The Bertz CT molecular complexity index is 499. The topological polar surface area (TPSA) is 52.5 Å². The maximum absolute atomic E-state index is 10.1. The molecule has 2 fully saturated rings. The van der Waals surface area contributed by atoms with E-state index in [1.165, 1.54) is 12.8 Å². The normalized spacial score (nSPS) is 27.4. The molecular formula is C16H26N4O. The lowest BCUT2D eigenvalue weighted by Crippen LogP contribution is -2.56. The average molecular weight is 290 g/mol. The maximum Gasteiger partial charge on any atom is 0.136 e. The highest BCUT2D eigenvalue weighted by Crippen LogP contribution is 2.33. The summed E-state index contributed by atoms with van der Waals surface area (Å²) >= 11 is 0. The molecule has 0 radical (unpaired) electrons. The molecule has 2 aliphatic rings. The van der Waals surface area contributed by atoms with E-state index >= 15 is 0 Å². The Kier molecular flexibility index (Phi) is 4.13. The van der Waals surface area contributed by atoms with E-state index in [0.717, 1.165) is 43.3 Å². The van der Waals surface area contributed by atoms with E-state index in [4.69, 9.17) is 0 Å². The Labute approximate surface area is 127 Å². The predicted molar refractivity (Wildman–Crippen MR) is 83.7 cm³/mol. The lowest BCUT2D eigenvalue weighted by Gasteiger charge is -2.46. The van der Waals surface area contributed by atoms with Crippen LogP contribution >= 0.6 is 0 Å². The van der Waals surface area contributed by atoms with Crippen molar-refractivity contribution in [3.05, 3.63) is 17.6 Å². The van der Waals surface area contributed by atoms with Crippen molar-refractivity contribution in [3.63, 3.8) is 0 Å². The SMILES string of the molecule is Cc1cc(N(C)C)nc(C2CN([C@H]3CCCC[C@@H]3O)C2)n1. The average Bonchev–Trinajstić information content (AvgIpc) is 2.38. The molecule has 0 amide bonds. The highest BCUT2D eigenvalue weighted by atomic mass is 16.3. The molecule has 1 aromatic rings. The van der Waals surface area contributed by atoms with Crippen LogP contribution in [0.5, 0.6) is 0 Å². The second-order valence-corrected chi connectivity index (χ2v) is 6.69. The third-order valence-corrected chi connectivity index (χ3v) is 4.75. The summed E-state index contributed by atoms with van der Waals surface area (Å²) in [7, 11) is 4.02. The Morgan fingerprint density at radius 2 is 1.90 bits per heavy atom. The molecule has 0 unspecified atom stereocenters. The number of likely N-dealkylation sites (tertiary alicyclic amines) is 1. The van der Waals surface area contributed by atoms with E-state index in [0.29, 0.717) is 12.0 Å².